The van der Waals surface area contributed by atoms with Gasteiger partial charge in [-0.25, -0.2) is 9.18 Å². The number of carbonyl (C=O) groups excluding carboxylic acids is 2. The fraction of sp³-hybridized carbons (Fsp3) is 0.556. The fourth-order valence-corrected chi connectivity index (χ4v) is 4.00. The number of benzene rings is 1. The monoisotopic (exact) mass is 481 g/mol. The van der Waals surface area contributed by atoms with Gasteiger partial charge in [0.15, 0.2) is 11.6 Å². The Morgan fingerprint density at radius 1 is 1.31 bits per heavy atom. The maximum Gasteiger partial charge on any atom is 0.417 e. The molecule has 2 saturated heterocycles. The fourth-order valence-electron chi connectivity index (χ4n) is 3.45. The quantitative estimate of drug-likeness (QED) is 0.500. The van der Waals surface area contributed by atoms with Gasteiger partial charge in [0, 0.05) is 43.0 Å². The van der Waals surface area contributed by atoms with Crippen LogP contribution in [-0.2, 0) is 11.0 Å². The number of rotatable bonds is 6. The molecule has 0 aliphatic carbocycles. The third-order valence-corrected chi connectivity index (χ3v) is 5.73. The molecule has 2 aliphatic rings. The molecule has 160 valence electrons. The highest BCUT2D eigenvalue weighted by Crippen LogP contribution is 2.38. The molecule has 2 aliphatic heterocycles. The van der Waals surface area contributed by atoms with Gasteiger partial charge in [-0.15, -0.1) is 0 Å². The summed E-state index contributed by atoms with van der Waals surface area (Å²) in [5.74, 6) is -1.41. The van der Waals surface area contributed by atoms with Crippen LogP contribution in [0, 0.1) is 11.7 Å². The lowest BCUT2D eigenvalue weighted by atomic mass is 9.86. The average molecular weight is 482 g/mol. The van der Waals surface area contributed by atoms with Gasteiger partial charge in [0.25, 0.3) is 0 Å². The smallest absolute Gasteiger partial charge is 0.417 e. The summed E-state index contributed by atoms with van der Waals surface area (Å²) in [6.45, 7) is 1.68. The maximum atomic E-state index is 13.9. The molecule has 3 rings (SSSR count). The Morgan fingerprint density at radius 3 is 2.55 bits per heavy atom. The van der Waals surface area contributed by atoms with Crippen molar-refractivity contribution in [2.45, 2.75) is 24.6 Å². The summed E-state index contributed by atoms with van der Waals surface area (Å²) in [4.78, 5) is 26.0. The zero-order chi connectivity index (χ0) is 21.4. The second-order valence-electron chi connectivity index (χ2n) is 7.55. The summed E-state index contributed by atoms with van der Waals surface area (Å²) >= 11 is 2.78. The molecule has 6 nitrogen and oxygen atoms in total. The van der Waals surface area contributed by atoms with Crippen LogP contribution >= 0.6 is 15.9 Å². The van der Waals surface area contributed by atoms with Crippen molar-refractivity contribution in [3.8, 4) is 5.75 Å². The highest BCUT2D eigenvalue weighted by Gasteiger charge is 2.45. The van der Waals surface area contributed by atoms with E-state index in [4.69, 9.17) is 10.5 Å². The van der Waals surface area contributed by atoms with E-state index in [1.807, 2.05) is 0 Å². The Bertz CT molecular complexity index is 793. The predicted octanol–water partition coefficient (Wildman–Crippen LogP) is 3.03. The molecule has 0 spiro atoms. The van der Waals surface area contributed by atoms with Gasteiger partial charge in [0.1, 0.15) is 6.29 Å². The molecule has 11 heteroatoms. The number of nitrogens with zero attached hydrogens (tertiary/aromatic N) is 2. The van der Waals surface area contributed by atoms with E-state index in [9.17, 15) is 27.2 Å². The van der Waals surface area contributed by atoms with Gasteiger partial charge in [-0.1, -0.05) is 15.9 Å². The molecule has 0 atom stereocenters. The standard InChI is InChI=1S/C18H20BrF4N3O3/c19-13-5-15(14(20)4-12(13)18(21,22)23)29-8-11-6-25(7-11)16(28)26-9-17(24,10-26)2-1-3-27/h3-5,11H,1-2,6-10,24H2. The van der Waals surface area contributed by atoms with Crippen LogP contribution in [-0.4, -0.2) is 60.4 Å². The van der Waals surface area contributed by atoms with E-state index in [2.05, 4.69) is 15.9 Å². The molecule has 0 saturated carbocycles. The highest BCUT2D eigenvalue weighted by molar-refractivity contribution is 9.10. The molecule has 2 amide bonds. The summed E-state index contributed by atoms with van der Waals surface area (Å²) < 4.78 is 57.2. The highest BCUT2D eigenvalue weighted by atomic mass is 79.9. The molecule has 0 radical (unpaired) electrons. The predicted molar refractivity (Wildman–Crippen MR) is 98.8 cm³/mol. The van der Waals surface area contributed by atoms with Crippen molar-refractivity contribution in [1.29, 1.82) is 0 Å². The van der Waals surface area contributed by atoms with Crippen molar-refractivity contribution in [3.63, 3.8) is 0 Å². The van der Waals surface area contributed by atoms with Crippen LogP contribution in [0.1, 0.15) is 18.4 Å². The lowest BCUT2D eigenvalue weighted by Gasteiger charge is -2.51. The van der Waals surface area contributed by atoms with Crippen LogP contribution < -0.4 is 10.5 Å². The minimum absolute atomic E-state index is 0.0432. The number of hydrogen-bond donors (Lipinski definition) is 1. The molecular weight excluding hydrogens is 462 g/mol. The van der Waals surface area contributed by atoms with Gasteiger partial charge in [0.05, 0.1) is 17.7 Å². The zero-order valence-corrected chi connectivity index (χ0v) is 16.9. The summed E-state index contributed by atoms with van der Waals surface area (Å²) in [6, 6.07) is 1.20. The van der Waals surface area contributed by atoms with Crippen LogP contribution in [0.25, 0.3) is 0 Å². The largest absolute Gasteiger partial charge is 0.490 e. The van der Waals surface area contributed by atoms with Crippen LogP contribution in [0.5, 0.6) is 5.75 Å². The number of carbonyl (C=O) groups is 2. The third kappa shape index (κ3) is 4.82. The first-order chi connectivity index (χ1) is 13.5. The van der Waals surface area contributed by atoms with Crippen molar-refractivity contribution in [3.05, 3.63) is 28.0 Å². The summed E-state index contributed by atoms with van der Waals surface area (Å²) in [6.07, 6.45) is -2.97. The van der Waals surface area contributed by atoms with Gasteiger partial charge in [0.2, 0.25) is 0 Å². The Hall–Kier alpha value is -1.88. The van der Waals surface area contributed by atoms with Gasteiger partial charge < -0.3 is 25.1 Å². The van der Waals surface area contributed by atoms with E-state index in [1.165, 1.54) is 0 Å². The zero-order valence-electron chi connectivity index (χ0n) is 15.3. The minimum Gasteiger partial charge on any atom is -0.490 e. The van der Waals surface area contributed by atoms with E-state index in [0.717, 1.165) is 12.4 Å². The molecule has 2 N–H and O–H groups in total. The molecule has 0 aromatic heterocycles. The number of ether oxygens (including phenoxy) is 1. The molecule has 29 heavy (non-hydrogen) atoms. The number of urea groups is 1. The van der Waals surface area contributed by atoms with E-state index >= 15 is 0 Å². The van der Waals surface area contributed by atoms with Crippen molar-refractivity contribution in [2.24, 2.45) is 11.7 Å². The first kappa shape index (κ1) is 21.8. The van der Waals surface area contributed by atoms with E-state index < -0.39 is 23.1 Å². The average Bonchev–Trinajstić information content (AvgIpc) is 2.57. The van der Waals surface area contributed by atoms with Crippen LogP contribution in [0.4, 0.5) is 22.4 Å². The molecule has 0 bridgehead atoms. The number of hydrogen-bond acceptors (Lipinski definition) is 4. The van der Waals surface area contributed by atoms with Crippen molar-refractivity contribution in [1.82, 2.24) is 9.80 Å². The number of aldehydes is 1. The van der Waals surface area contributed by atoms with Crippen LogP contribution in [0.3, 0.4) is 0 Å². The van der Waals surface area contributed by atoms with Gasteiger partial charge in [-0.3, -0.25) is 0 Å². The van der Waals surface area contributed by atoms with Crippen molar-refractivity contribution >= 4 is 28.2 Å². The van der Waals surface area contributed by atoms with Crippen LogP contribution in [0.15, 0.2) is 16.6 Å². The molecule has 2 heterocycles. The van der Waals surface area contributed by atoms with Gasteiger partial charge in [-0.05, 0) is 18.6 Å². The van der Waals surface area contributed by atoms with E-state index in [-0.39, 0.29) is 28.8 Å². The van der Waals surface area contributed by atoms with E-state index in [0.29, 0.717) is 45.1 Å². The number of likely N-dealkylation sites (tertiary alicyclic amines) is 2. The van der Waals surface area contributed by atoms with Crippen LogP contribution in [0.2, 0.25) is 0 Å². The number of alkyl halides is 3. The molecule has 2 fully saturated rings. The molecule has 0 unspecified atom stereocenters. The maximum absolute atomic E-state index is 13.9. The second-order valence-corrected chi connectivity index (χ2v) is 8.40. The lowest BCUT2D eigenvalue weighted by molar-refractivity contribution is -0.138. The molecule has 1 aromatic carbocycles. The first-order valence-electron chi connectivity index (χ1n) is 8.98. The minimum atomic E-state index is -4.67. The second kappa shape index (κ2) is 8.10. The topological polar surface area (TPSA) is 75.9 Å². The Balaban J connectivity index is 1.44. The van der Waals surface area contributed by atoms with Crippen molar-refractivity contribution in [2.75, 3.05) is 32.8 Å². The number of nitrogens with two attached hydrogens (primary N) is 1. The summed E-state index contributed by atoms with van der Waals surface area (Å²) in [5.41, 5.74) is 4.45. The van der Waals surface area contributed by atoms with Gasteiger partial charge >= 0.3 is 12.2 Å². The normalized spacial score (nSPS) is 18.8. The van der Waals surface area contributed by atoms with Gasteiger partial charge in [-0.2, -0.15) is 13.2 Å². The summed E-state index contributed by atoms with van der Waals surface area (Å²) in [5, 5.41) is 0. The Morgan fingerprint density at radius 2 is 1.97 bits per heavy atom. The number of halogens is 5. The Labute approximate surface area is 173 Å². The summed E-state index contributed by atoms with van der Waals surface area (Å²) in [7, 11) is 0. The molecule has 1 aromatic rings. The Kier molecular flexibility index (Phi) is 6.09. The first-order valence-corrected chi connectivity index (χ1v) is 9.77. The third-order valence-electron chi connectivity index (χ3n) is 5.07. The number of amides is 2. The van der Waals surface area contributed by atoms with E-state index in [1.54, 1.807) is 9.80 Å². The molecular formula is C18H20BrF4N3O3. The lowest BCUT2D eigenvalue weighted by Crippen LogP contribution is -2.71. The van der Waals surface area contributed by atoms with Crippen molar-refractivity contribution < 1.29 is 31.9 Å². The SMILES string of the molecule is NC1(CCC=O)CN(C(=O)N2CC(COc3cc(Br)c(C(F)(F)F)cc3F)C2)C1.